The summed E-state index contributed by atoms with van der Waals surface area (Å²) in [5, 5.41) is 2.86. The van der Waals surface area contributed by atoms with E-state index in [1.54, 1.807) is 24.3 Å². The van der Waals surface area contributed by atoms with Gasteiger partial charge < -0.3 is 10.1 Å². The molecule has 2 aromatic rings. The summed E-state index contributed by atoms with van der Waals surface area (Å²) in [7, 11) is 1.51. The molecule has 1 aliphatic carbocycles. The van der Waals surface area contributed by atoms with Crippen LogP contribution in [-0.2, 0) is 11.0 Å². The van der Waals surface area contributed by atoms with E-state index in [-0.39, 0.29) is 28.6 Å². The summed E-state index contributed by atoms with van der Waals surface area (Å²) >= 11 is 0.905. The van der Waals surface area contributed by atoms with E-state index in [2.05, 4.69) is 15.3 Å². The van der Waals surface area contributed by atoms with Gasteiger partial charge in [0.25, 0.3) is 0 Å². The number of hydrogen-bond donors (Lipinski definition) is 1. The fourth-order valence-corrected chi connectivity index (χ4v) is 3.86. The van der Waals surface area contributed by atoms with Gasteiger partial charge in [-0.2, -0.15) is 13.2 Å². The van der Waals surface area contributed by atoms with Crippen molar-refractivity contribution in [3.05, 3.63) is 36.0 Å². The molecule has 0 radical (unpaired) electrons. The first kappa shape index (κ1) is 21.4. The van der Waals surface area contributed by atoms with Crippen molar-refractivity contribution < 1.29 is 22.7 Å². The second kappa shape index (κ2) is 9.47. The molecule has 0 aliphatic heterocycles. The van der Waals surface area contributed by atoms with Crippen molar-refractivity contribution >= 4 is 17.7 Å². The average Bonchev–Trinajstić information content (AvgIpc) is 2.72. The fraction of sp³-hybridized carbons (Fsp3) is 0.450. The summed E-state index contributed by atoms with van der Waals surface area (Å²) in [5.74, 6) is 0.349. The Morgan fingerprint density at radius 3 is 2.48 bits per heavy atom. The van der Waals surface area contributed by atoms with Crippen LogP contribution >= 0.6 is 11.8 Å². The first-order chi connectivity index (χ1) is 13.8. The van der Waals surface area contributed by atoms with Crippen molar-refractivity contribution in [1.29, 1.82) is 0 Å². The smallest absolute Gasteiger partial charge is 0.433 e. The number of aromatic nitrogens is 2. The minimum atomic E-state index is -4.61. The van der Waals surface area contributed by atoms with Crippen LogP contribution < -0.4 is 10.1 Å². The van der Waals surface area contributed by atoms with E-state index in [9.17, 15) is 18.0 Å². The van der Waals surface area contributed by atoms with Gasteiger partial charge in [-0.15, -0.1) is 0 Å². The Labute approximate surface area is 171 Å². The van der Waals surface area contributed by atoms with Crippen molar-refractivity contribution in [2.75, 3.05) is 12.9 Å². The van der Waals surface area contributed by atoms with Crippen molar-refractivity contribution in [3.63, 3.8) is 0 Å². The highest BCUT2D eigenvalue weighted by Gasteiger charge is 2.34. The maximum atomic E-state index is 13.3. The van der Waals surface area contributed by atoms with Crippen LogP contribution in [0.2, 0.25) is 0 Å². The highest BCUT2D eigenvalue weighted by atomic mass is 32.2. The van der Waals surface area contributed by atoms with E-state index in [0.717, 1.165) is 43.5 Å². The minimum Gasteiger partial charge on any atom is -0.497 e. The topological polar surface area (TPSA) is 64.1 Å². The summed E-state index contributed by atoms with van der Waals surface area (Å²) in [4.78, 5) is 20.0. The number of alkyl halides is 3. The van der Waals surface area contributed by atoms with Crippen molar-refractivity contribution in [2.24, 2.45) is 0 Å². The number of methoxy groups -OCH3 is 1. The van der Waals surface area contributed by atoms with Crippen LogP contribution in [0.3, 0.4) is 0 Å². The largest absolute Gasteiger partial charge is 0.497 e. The molecule has 1 amide bonds. The minimum absolute atomic E-state index is 0.0279. The van der Waals surface area contributed by atoms with Gasteiger partial charge in [0, 0.05) is 11.6 Å². The Kier molecular flexibility index (Phi) is 7.00. The van der Waals surface area contributed by atoms with Crippen LogP contribution in [0.25, 0.3) is 11.3 Å². The molecule has 1 aromatic carbocycles. The van der Waals surface area contributed by atoms with Gasteiger partial charge in [0.2, 0.25) is 5.91 Å². The summed E-state index contributed by atoms with van der Waals surface area (Å²) in [6.45, 7) is 0. The SMILES string of the molecule is COc1ccc(-c2cc(C(F)(F)F)nc(SCC(=O)NC3CCCCC3)n2)cc1. The number of thioether (sulfide) groups is 1. The zero-order valence-corrected chi connectivity index (χ0v) is 16.8. The zero-order valence-electron chi connectivity index (χ0n) is 16.0. The lowest BCUT2D eigenvalue weighted by Crippen LogP contribution is -2.37. The molecule has 0 bridgehead atoms. The number of rotatable bonds is 6. The maximum Gasteiger partial charge on any atom is 0.433 e. The molecule has 1 aromatic heterocycles. The molecule has 29 heavy (non-hydrogen) atoms. The molecule has 5 nitrogen and oxygen atoms in total. The fourth-order valence-electron chi connectivity index (χ4n) is 3.19. The molecule has 1 aliphatic rings. The quantitative estimate of drug-likeness (QED) is 0.536. The standard InChI is InChI=1S/C20H22F3N3O2S/c1-28-15-9-7-13(8-10-15)16-11-17(20(21,22)23)26-19(25-16)29-12-18(27)24-14-5-3-2-4-6-14/h7-11,14H,2-6,12H2,1H3,(H,24,27). The van der Waals surface area contributed by atoms with Crippen LogP contribution in [0, 0.1) is 0 Å². The van der Waals surface area contributed by atoms with E-state index >= 15 is 0 Å². The van der Waals surface area contributed by atoms with Gasteiger partial charge in [-0.1, -0.05) is 31.0 Å². The normalized spacial score (nSPS) is 15.2. The molecule has 0 unspecified atom stereocenters. The van der Waals surface area contributed by atoms with Gasteiger partial charge in [0.15, 0.2) is 5.16 Å². The van der Waals surface area contributed by atoms with Crippen LogP contribution in [0.4, 0.5) is 13.2 Å². The average molecular weight is 425 g/mol. The molecule has 156 valence electrons. The molecule has 1 fully saturated rings. The van der Waals surface area contributed by atoms with Crippen LogP contribution in [0.5, 0.6) is 5.75 Å². The molecule has 1 heterocycles. The molecule has 1 N–H and O–H groups in total. The number of nitrogens with one attached hydrogen (secondary N) is 1. The second-order valence-corrected chi connectivity index (χ2v) is 7.78. The molecule has 9 heteroatoms. The Balaban J connectivity index is 1.75. The summed E-state index contributed by atoms with van der Waals surface area (Å²) in [6.07, 6.45) is 0.618. The number of carbonyl (C=O) groups excluding carboxylic acids is 1. The van der Waals surface area contributed by atoms with Gasteiger partial charge in [0.1, 0.15) is 11.4 Å². The highest BCUT2D eigenvalue weighted by molar-refractivity contribution is 7.99. The number of benzene rings is 1. The van der Waals surface area contributed by atoms with Gasteiger partial charge >= 0.3 is 6.18 Å². The van der Waals surface area contributed by atoms with Gasteiger partial charge in [-0.25, -0.2) is 9.97 Å². The monoisotopic (exact) mass is 425 g/mol. The molecule has 0 saturated heterocycles. The number of ether oxygens (including phenoxy) is 1. The lowest BCUT2D eigenvalue weighted by molar-refractivity contribution is -0.141. The van der Waals surface area contributed by atoms with Crippen LogP contribution in [-0.4, -0.2) is 34.8 Å². The van der Waals surface area contributed by atoms with Crippen molar-refractivity contribution in [3.8, 4) is 17.0 Å². The van der Waals surface area contributed by atoms with E-state index in [0.29, 0.717) is 11.3 Å². The van der Waals surface area contributed by atoms with E-state index in [1.807, 2.05) is 0 Å². The summed E-state index contributed by atoms with van der Waals surface area (Å²) in [5.41, 5.74) is -0.383. The third-order valence-electron chi connectivity index (χ3n) is 4.68. The van der Waals surface area contributed by atoms with Gasteiger partial charge in [-0.05, 0) is 43.2 Å². The molecule has 3 rings (SSSR count). The predicted molar refractivity (Wildman–Crippen MR) is 105 cm³/mol. The van der Waals surface area contributed by atoms with Crippen molar-refractivity contribution in [2.45, 2.75) is 49.5 Å². The molecular weight excluding hydrogens is 403 g/mol. The Bertz CT molecular complexity index is 838. The first-order valence-corrected chi connectivity index (χ1v) is 10.4. The molecular formula is C20H22F3N3O2S. The summed E-state index contributed by atoms with van der Waals surface area (Å²) in [6, 6.07) is 7.61. The zero-order chi connectivity index (χ0) is 20.9. The Morgan fingerprint density at radius 2 is 1.86 bits per heavy atom. The maximum absolute atomic E-state index is 13.3. The lowest BCUT2D eigenvalue weighted by atomic mass is 9.95. The van der Waals surface area contributed by atoms with E-state index in [4.69, 9.17) is 4.74 Å². The van der Waals surface area contributed by atoms with E-state index in [1.165, 1.54) is 13.5 Å². The second-order valence-electron chi connectivity index (χ2n) is 6.84. The highest BCUT2D eigenvalue weighted by Crippen LogP contribution is 2.32. The number of carbonyl (C=O) groups is 1. The number of hydrogen-bond acceptors (Lipinski definition) is 5. The first-order valence-electron chi connectivity index (χ1n) is 9.38. The Morgan fingerprint density at radius 1 is 1.17 bits per heavy atom. The third kappa shape index (κ3) is 6.09. The Hall–Kier alpha value is -2.29. The lowest BCUT2D eigenvalue weighted by Gasteiger charge is -2.22. The van der Waals surface area contributed by atoms with Crippen LogP contribution in [0.15, 0.2) is 35.5 Å². The molecule has 1 saturated carbocycles. The predicted octanol–water partition coefficient (Wildman–Crippen LogP) is 4.71. The summed E-state index contributed by atoms with van der Waals surface area (Å²) < 4.78 is 44.9. The number of nitrogens with zero attached hydrogens (tertiary/aromatic N) is 2. The van der Waals surface area contributed by atoms with Crippen molar-refractivity contribution in [1.82, 2.24) is 15.3 Å². The van der Waals surface area contributed by atoms with Crippen LogP contribution in [0.1, 0.15) is 37.8 Å². The molecule has 0 atom stereocenters. The van der Waals surface area contributed by atoms with E-state index < -0.39 is 11.9 Å². The number of amides is 1. The van der Waals surface area contributed by atoms with Gasteiger partial charge in [-0.3, -0.25) is 4.79 Å². The number of halogens is 3. The molecule has 0 spiro atoms. The third-order valence-corrected chi connectivity index (χ3v) is 5.53. The van der Waals surface area contributed by atoms with Gasteiger partial charge in [0.05, 0.1) is 18.6 Å².